The van der Waals surface area contributed by atoms with Gasteiger partial charge in [-0.15, -0.1) is 0 Å². The van der Waals surface area contributed by atoms with Gasteiger partial charge in [0, 0.05) is 9.50 Å². The second kappa shape index (κ2) is 5.86. The van der Waals surface area contributed by atoms with Crippen LogP contribution in [0.25, 0.3) is 0 Å². The first-order valence-electron chi connectivity index (χ1n) is 4.41. The van der Waals surface area contributed by atoms with Crippen molar-refractivity contribution >= 4 is 39.9 Å². The molecule has 0 spiro atoms. The number of carboxylic acid groups (broad SMARTS) is 1. The highest BCUT2D eigenvalue weighted by molar-refractivity contribution is 9.10. The number of hydrogen-bond donors (Lipinski definition) is 2. The van der Waals surface area contributed by atoms with E-state index < -0.39 is 12.0 Å². The van der Waals surface area contributed by atoms with E-state index in [-0.39, 0.29) is 6.42 Å². The third-order valence-corrected chi connectivity index (χ3v) is 2.81. The lowest BCUT2D eigenvalue weighted by Gasteiger charge is -2.15. The quantitative estimate of drug-likeness (QED) is 0.821. The topological polar surface area (TPSA) is 66.4 Å². The van der Waals surface area contributed by atoms with E-state index in [0.29, 0.717) is 17.0 Å². The third kappa shape index (κ3) is 3.50. The average molecular weight is 307 g/mol. The number of hydrogen-bond acceptors (Lipinski definition) is 2. The van der Waals surface area contributed by atoms with Crippen molar-refractivity contribution in [2.75, 3.05) is 0 Å². The molecular weight excluding hydrogens is 297 g/mol. The second-order valence-electron chi connectivity index (χ2n) is 3.10. The number of halogens is 2. The Labute approximate surface area is 106 Å². The van der Waals surface area contributed by atoms with Crippen molar-refractivity contribution in [3.8, 4) is 0 Å². The molecule has 2 N–H and O–H groups in total. The number of carboxylic acids is 1. The number of nitrogens with one attached hydrogen (secondary N) is 1. The Kier molecular flexibility index (Phi) is 4.76. The predicted molar refractivity (Wildman–Crippen MR) is 63.3 cm³/mol. The van der Waals surface area contributed by atoms with Gasteiger partial charge < -0.3 is 10.4 Å². The monoisotopic (exact) mass is 305 g/mol. The summed E-state index contributed by atoms with van der Waals surface area (Å²) in [5.41, 5.74) is 0.583. The van der Waals surface area contributed by atoms with Crippen molar-refractivity contribution in [2.24, 2.45) is 0 Å². The summed E-state index contributed by atoms with van der Waals surface area (Å²) in [5, 5.41) is 11.6. The molecule has 0 aliphatic heterocycles. The summed E-state index contributed by atoms with van der Waals surface area (Å²) in [6, 6.07) is 4.45. The molecule has 0 unspecified atom stereocenters. The minimum atomic E-state index is -1.00. The molecule has 0 saturated carbocycles. The Morgan fingerprint density at radius 2 is 2.31 bits per heavy atom. The lowest BCUT2D eigenvalue weighted by atomic mass is 10.0. The summed E-state index contributed by atoms with van der Waals surface area (Å²) in [4.78, 5) is 21.0. The zero-order valence-electron chi connectivity index (χ0n) is 8.11. The molecular formula is C10H9BrClNO3. The minimum absolute atomic E-state index is 0.208. The predicted octanol–water partition coefficient (Wildman–Crippen LogP) is 2.36. The fourth-order valence-electron chi connectivity index (χ4n) is 1.30. The first-order valence-corrected chi connectivity index (χ1v) is 5.58. The van der Waals surface area contributed by atoms with Crippen LogP contribution in [0.2, 0.25) is 5.02 Å². The molecule has 0 saturated heterocycles. The summed E-state index contributed by atoms with van der Waals surface area (Å²) < 4.78 is 0.793. The average Bonchev–Trinajstić information content (AvgIpc) is 2.16. The molecule has 0 aliphatic rings. The zero-order chi connectivity index (χ0) is 12.1. The fraction of sp³-hybridized carbons (Fsp3) is 0.200. The normalized spacial score (nSPS) is 11.9. The summed E-state index contributed by atoms with van der Waals surface area (Å²) in [5.74, 6) is -1.00. The molecule has 16 heavy (non-hydrogen) atoms. The molecule has 0 heterocycles. The molecule has 1 aromatic carbocycles. The summed E-state index contributed by atoms with van der Waals surface area (Å²) in [7, 11) is 0. The number of carbonyl (C=O) groups is 2. The maximum Gasteiger partial charge on any atom is 0.305 e. The Balaban J connectivity index is 3.00. The van der Waals surface area contributed by atoms with E-state index in [1.807, 2.05) is 0 Å². The van der Waals surface area contributed by atoms with E-state index in [9.17, 15) is 9.59 Å². The zero-order valence-corrected chi connectivity index (χ0v) is 10.5. The van der Waals surface area contributed by atoms with Crippen molar-refractivity contribution in [1.82, 2.24) is 5.32 Å². The van der Waals surface area contributed by atoms with Crippen LogP contribution >= 0.6 is 27.5 Å². The Morgan fingerprint density at radius 3 is 2.81 bits per heavy atom. The van der Waals surface area contributed by atoms with Crippen LogP contribution in [0.3, 0.4) is 0 Å². The van der Waals surface area contributed by atoms with Crippen molar-refractivity contribution in [2.45, 2.75) is 12.5 Å². The summed E-state index contributed by atoms with van der Waals surface area (Å²) in [6.45, 7) is 0. The van der Waals surface area contributed by atoms with Crippen molar-refractivity contribution in [1.29, 1.82) is 0 Å². The van der Waals surface area contributed by atoms with Gasteiger partial charge in [-0.05, 0) is 17.7 Å². The minimum Gasteiger partial charge on any atom is -0.481 e. The molecule has 0 aromatic heterocycles. The van der Waals surface area contributed by atoms with Crippen LogP contribution in [-0.4, -0.2) is 17.5 Å². The van der Waals surface area contributed by atoms with Gasteiger partial charge in [0.2, 0.25) is 6.41 Å². The molecule has 1 atom stereocenters. The largest absolute Gasteiger partial charge is 0.481 e. The van der Waals surface area contributed by atoms with Gasteiger partial charge >= 0.3 is 5.97 Å². The molecule has 4 nitrogen and oxygen atoms in total. The smallest absolute Gasteiger partial charge is 0.305 e. The van der Waals surface area contributed by atoms with Crippen LogP contribution in [0.15, 0.2) is 22.7 Å². The first kappa shape index (κ1) is 13.0. The number of carbonyl (C=O) groups excluding carboxylic acids is 1. The highest BCUT2D eigenvalue weighted by Crippen LogP contribution is 2.28. The number of benzene rings is 1. The lowest BCUT2D eigenvalue weighted by molar-refractivity contribution is -0.137. The maximum absolute atomic E-state index is 10.6. The molecule has 1 amide bonds. The van der Waals surface area contributed by atoms with E-state index >= 15 is 0 Å². The molecule has 0 bridgehead atoms. The molecule has 1 rings (SSSR count). The highest BCUT2D eigenvalue weighted by Gasteiger charge is 2.17. The van der Waals surface area contributed by atoms with Crippen molar-refractivity contribution in [3.63, 3.8) is 0 Å². The van der Waals surface area contributed by atoms with Crippen molar-refractivity contribution < 1.29 is 14.7 Å². The van der Waals surface area contributed by atoms with Gasteiger partial charge in [-0.2, -0.15) is 0 Å². The van der Waals surface area contributed by atoms with Crippen LogP contribution in [0.4, 0.5) is 0 Å². The van der Waals surface area contributed by atoms with Gasteiger partial charge in [0.25, 0.3) is 0 Å². The third-order valence-electron chi connectivity index (χ3n) is 1.99. The molecule has 1 aromatic rings. The van der Waals surface area contributed by atoms with E-state index in [2.05, 4.69) is 21.2 Å². The van der Waals surface area contributed by atoms with Gasteiger partial charge in [0.15, 0.2) is 0 Å². The Morgan fingerprint density at radius 1 is 1.62 bits per heavy atom. The molecule has 0 aliphatic carbocycles. The summed E-state index contributed by atoms with van der Waals surface area (Å²) >= 11 is 9.21. The van der Waals surface area contributed by atoms with Gasteiger partial charge in [-0.1, -0.05) is 33.6 Å². The first-order chi connectivity index (χ1) is 7.54. The van der Waals surface area contributed by atoms with Crippen LogP contribution in [0, 0.1) is 0 Å². The number of rotatable bonds is 5. The fourth-order valence-corrected chi connectivity index (χ4v) is 2.10. The van der Waals surface area contributed by atoms with Crippen molar-refractivity contribution in [3.05, 3.63) is 33.3 Å². The van der Waals surface area contributed by atoms with E-state index in [0.717, 1.165) is 4.47 Å². The van der Waals surface area contributed by atoms with Gasteiger partial charge in [-0.3, -0.25) is 9.59 Å². The van der Waals surface area contributed by atoms with Crippen LogP contribution in [-0.2, 0) is 9.59 Å². The maximum atomic E-state index is 10.6. The van der Waals surface area contributed by atoms with Crippen LogP contribution in [0.1, 0.15) is 18.0 Å². The van der Waals surface area contributed by atoms with Crippen LogP contribution in [0.5, 0.6) is 0 Å². The van der Waals surface area contributed by atoms with E-state index in [1.165, 1.54) is 0 Å². The molecule has 86 valence electrons. The highest BCUT2D eigenvalue weighted by atomic mass is 79.9. The van der Waals surface area contributed by atoms with Gasteiger partial charge in [0.1, 0.15) is 0 Å². The molecule has 0 fully saturated rings. The standard InChI is InChI=1S/C10H9BrClNO3/c11-6-1-2-7(8(12)3-6)9(13-5-14)4-10(15)16/h1-3,5,9H,4H2,(H,13,14)(H,15,16)/t9-/m0/s1. The van der Waals surface area contributed by atoms with E-state index in [1.54, 1.807) is 18.2 Å². The SMILES string of the molecule is O=CN[C@@H](CC(=O)O)c1ccc(Br)cc1Cl. The van der Waals surface area contributed by atoms with Crippen LogP contribution < -0.4 is 5.32 Å². The lowest BCUT2D eigenvalue weighted by Crippen LogP contribution is -2.22. The Bertz CT molecular complexity index is 411. The van der Waals surface area contributed by atoms with Gasteiger partial charge in [-0.25, -0.2) is 0 Å². The second-order valence-corrected chi connectivity index (χ2v) is 4.42. The van der Waals surface area contributed by atoms with E-state index in [4.69, 9.17) is 16.7 Å². The number of amides is 1. The van der Waals surface area contributed by atoms with Gasteiger partial charge in [0.05, 0.1) is 12.5 Å². The molecule has 6 heteroatoms. The summed E-state index contributed by atoms with van der Waals surface area (Å²) in [6.07, 6.45) is 0.256. The molecule has 0 radical (unpaired) electrons. The Hall–Kier alpha value is -1.07. The number of aliphatic carboxylic acids is 1.